The molecule has 0 spiro atoms. The molecule has 2 unspecified atom stereocenters. The lowest BCUT2D eigenvalue weighted by Crippen LogP contribution is -2.57. The van der Waals surface area contributed by atoms with Gasteiger partial charge in [-0.25, -0.2) is 0 Å². The molecule has 0 aromatic rings. The smallest absolute Gasteiger partial charge is 0.0547 e. The average molecular weight is 312 g/mol. The maximum atomic E-state index is 9.32. The van der Waals surface area contributed by atoms with Crippen molar-refractivity contribution in [1.29, 1.82) is 0 Å². The molecule has 4 aliphatic rings. The summed E-state index contributed by atoms with van der Waals surface area (Å²) in [6.45, 7) is 5.89. The topological polar surface area (TPSA) is 32.3 Å². The molecule has 4 aliphatic carbocycles. The van der Waals surface area contributed by atoms with Crippen molar-refractivity contribution < 1.29 is 5.11 Å². The lowest BCUT2D eigenvalue weighted by atomic mass is 9.48. The van der Waals surface area contributed by atoms with Crippen LogP contribution in [-0.2, 0) is 0 Å². The maximum Gasteiger partial charge on any atom is 0.0547 e. The van der Waals surface area contributed by atoms with Crippen molar-refractivity contribution in [2.24, 2.45) is 23.2 Å². The van der Waals surface area contributed by atoms with E-state index >= 15 is 0 Å². The van der Waals surface area contributed by atoms with E-state index in [4.69, 9.17) is 0 Å². The van der Waals surface area contributed by atoms with Crippen molar-refractivity contribution in [2.75, 3.05) is 18.9 Å². The molecule has 2 nitrogen and oxygen atoms in total. The van der Waals surface area contributed by atoms with E-state index in [2.05, 4.69) is 19.2 Å². The van der Waals surface area contributed by atoms with Crippen LogP contribution in [0.3, 0.4) is 0 Å². The fourth-order valence-electron chi connectivity index (χ4n) is 5.69. The third-order valence-electron chi connectivity index (χ3n) is 6.27. The van der Waals surface area contributed by atoms with Gasteiger partial charge in [-0.3, -0.25) is 0 Å². The van der Waals surface area contributed by atoms with Crippen LogP contribution in [-0.4, -0.2) is 35.3 Å². The third-order valence-corrected chi connectivity index (χ3v) is 7.51. The zero-order chi connectivity index (χ0) is 14.9. The molecule has 0 radical (unpaired) electrons. The summed E-state index contributed by atoms with van der Waals surface area (Å²) in [4.78, 5) is 0. The van der Waals surface area contributed by atoms with Gasteiger partial charge in [-0.05, 0) is 74.7 Å². The number of hydrogen-bond acceptors (Lipinski definition) is 3. The molecular weight excluding hydrogens is 278 g/mol. The monoisotopic (exact) mass is 311 g/mol. The van der Waals surface area contributed by atoms with Gasteiger partial charge in [0.1, 0.15) is 0 Å². The van der Waals surface area contributed by atoms with Crippen LogP contribution in [0.2, 0.25) is 0 Å². The van der Waals surface area contributed by atoms with Crippen LogP contribution in [0, 0.1) is 23.2 Å². The first-order chi connectivity index (χ1) is 10.1. The molecule has 4 rings (SSSR count). The molecule has 0 saturated heterocycles. The summed E-state index contributed by atoms with van der Waals surface area (Å²) in [5, 5.41) is 13.6. The highest BCUT2D eigenvalue weighted by atomic mass is 32.2. The van der Waals surface area contributed by atoms with Crippen molar-refractivity contribution in [3.05, 3.63) is 0 Å². The van der Waals surface area contributed by atoms with E-state index in [1.807, 2.05) is 11.8 Å². The molecule has 0 heterocycles. The Morgan fingerprint density at radius 1 is 1.14 bits per heavy atom. The van der Waals surface area contributed by atoms with Gasteiger partial charge >= 0.3 is 0 Å². The van der Waals surface area contributed by atoms with Gasteiger partial charge in [0, 0.05) is 17.0 Å². The number of aliphatic hydroxyl groups excluding tert-OH is 1. The molecular formula is C18H33NOS. The second kappa shape index (κ2) is 6.80. The summed E-state index contributed by atoms with van der Waals surface area (Å²) >= 11 is 1.97. The van der Waals surface area contributed by atoms with Crippen LogP contribution in [0.5, 0.6) is 0 Å². The second-order valence-corrected chi connectivity index (χ2v) is 9.58. The minimum Gasteiger partial charge on any atom is -0.395 e. The molecule has 2 N–H and O–H groups in total. The Hall–Kier alpha value is 0.270. The fraction of sp³-hybridized carbons (Fsp3) is 1.00. The highest BCUT2D eigenvalue weighted by Gasteiger charge is 2.53. The molecule has 2 atom stereocenters. The van der Waals surface area contributed by atoms with Crippen molar-refractivity contribution in [3.8, 4) is 0 Å². The van der Waals surface area contributed by atoms with E-state index in [-0.39, 0.29) is 0 Å². The van der Waals surface area contributed by atoms with Gasteiger partial charge in [-0.2, -0.15) is 11.8 Å². The highest BCUT2D eigenvalue weighted by molar-refractivity contribution is 7.99. The zero-order valence-electron chi connectivity index (χ0n) is 13.8. The number of hydrogen-bond donors (Lipinski definition) is 2. The largest absolute Gasteiger partial charge is 0.395 e. The predicted octanol–water partition coefficient (Wildman–Crippen LogP) is 3.69. The molecule has 4 saturated carbocycles. The van der Waals surface area contributed by atoms with Crippen LogP contribution < -0.4 is 5.32 Å². The van der Waals surface area contributed by atoms with E-state index in [1.54, 1.807) is 0 Å². The van der Waals surface area contributed by atoms with Crippen LogP contribution in [0.15, 0.2) is 0 Å². The predicted molar refractivity (Wildman–Crippen MR) is 91.7 cm³/mol. The Morgan fingerprint density at radius 3 is 2.19 bits per heavy atom. The van der Waals surface area contributed by atoms with Gasteiger partial charge in [0.25, 0.3) is 0 Å². The van der Waals surface area contributed by atoms with E-state index in [0.29, 0.717) is 23.3 Å². The minimum atomic E-state index is 0.312. The molecule has 4 bridgehead atoms. The van der Waals surface area contributed by atoms with Crippen molar-refractivity contribution in [1.82, 2.24) is 5.32 Å². The van der Waals surface area contributed by atoms with Crippen molar-refractivity contribution in [3.63, 3.8) is 0 Å². The minimum absolute atomic E-state index is 0.312. The summed E-state index contributed by atoms with van der Waals surface area (Å²) < 4.78 is 0. The Bertz CT molecular complexity index is 311. The van der Waals surface area contributed by atoms with Gasteiger partial charge in [0.15, 0.2) is 0 Å². The Kier molecular flexibility index (Phi) is 5.23. The van der Waals surface area contributed by atoms with Gasteiger partial charge in [0.05, 0.1) is 6.61 Å². The average Bonchev–Trinajstić information content (AvgIpc) is 2.45. The van der Waals surface area contributed by atoms with Crippen LogP contribution in [0.1, 0.15) is 58.8 Å². The molecule has 0 aromatic carbocycles. The van der Waals surface area contributed by atoms with Crippen LogP contribution in [0.25, 0.3) is 0 Å². The Labute approximate surface area is 134 Å². The van der Waals surface area contributed by atoms with Crippen molar-refractivity contribution >= 4 is 11.8 Å². The molecule has 0 aromatic heterocycles. The zero-order valence-corrected chi connectivity index (χ0v) is 14.6. The lowest BCUT2D eigenvalue weighted by Gasteiger charge is -2.59. The van der Waals surface area contributed by atoms with Gasteiger partial charge in [-0.15, -0.1) is 0 Å². The summed E-state index contributed by atoms with van der Waals surface area (Å²) in [5.74, 6) is 4.28. The summed E-state index contributed by atoms with van der Waals surface area (Å²) in [6, 6.07) is 0.671. The van der Waals surface area contributed by atoms with Crippen LogP contribution >= 0.6 is 11.8 Å². The van der Waals surface area contributed by atoms with E-state index in [9.17, 15) is 5.11 Å². The first-order valence-electron chi connectivity index (χ1n) is 9.11. The summed E-state index contributed by atoms with van der Waals surface area (Å²) in [7, 11) is 0. The van der Waals surface area contributed by atoms with E-state index in [1.165, 1.54) is 50.7 Å². The second-order valence-electron chi connectivity index (χ2n) is 8.11. The van der Waals surface area contributed by atoms with Gasteiger partial charge in [0.2, 0.25) is 0 Å². The van der Waals surface area contributed by atoms with E-state index in [0.717, 1.165) is 24.3 Å². The Balaban J connectivity index is 1.69. The third kappa shape index (κ3) is 3.45. The van der Waals surface area contributed by atoms with Gasteiger partial charge < -0.3 is 10.4 Å². The number of nitrogens with one attached hydrogen (secondary N) is 1. The molecule has 21 heavy (non-hydrogen) atoms. The number of thioether (sulfide) groups is 1. The highest BCUT2D eigenvalue weighted by Crippen LogP contribution is 2.61. The lowest BCUT2D eigenvalue weighted by molar-refractivity contribution is -0.0693. The summed E-state index contributed by atoms with van der Waals surface area (Å²) in [6.07, 6.45) is 10.3. The van der Waals surface area contributed by atoms with Gasteiger partial charge in [-0.1, -0.05) is 13.8 Å². The first-order valence-corrected chi connectivity index (χ1v) is 10.2. The molecule has 0 aliphatic heterocycles. The first kappa shape index (κ1) is 16.1. The molecule has 122 valence electrons. The molecule has 0 amide bonds. The number of rotatable bonds is 8. The molecule has 4 fully saturated rings. The standard InChI is InChI=1S/C18H33NOS/c1-3-4-19-17(12-21-13(2)11-20)18-8-14-5-15(9-18)7-16(6-14)10-18/h13-17,19-20H,3-12H2,1-2H3. The SMILES string of the molecule is CCCNC(CSC(C)CO)C12CC3CC(CC(C3)C1)C2. The van der Waals surface area contributed by atoms with Crippen molar-refractivity contribution in [2.45, 2.75) is 70.1 Å². The molecule has 3 heteroatoms. The number of aliphatic hydroxyl groups is 1. The Morgan fingerprint density at radius 2 is 1.71 bits per heavy atom. The van der Waals surface area contributed by atoms with Crippen LogP contribution in [0.4, 0.5) is 0 Å². The maximum absolute atomic E-state index is 9.32. The fourth-order valence-corrected chi connectivity index (χ4v) is 6.79. The quantitative estimate of drug-likeness (QED) is 0.717. The van der Waals surface area contributed by atoms with E-state index < -0.39 is 0 Å². The normalized spacial score (nSPS) is 40.4. The summed E-state index contributed by atoms with van der Waals surface area (Å²) in [5.41, 5.74) is 0.589.